The van der Waals surface area contributed by atoms with Gasteiger partial charge in [-0.15, -0.1) is 0 Å². The third-order valence-corrected chi connectivity index (χ3v) is 8.58. The zero-order valence-corrected chi connectivity index (χ0v) is 19.8. The molecule has 4 rings (SSSR count). The Labute approximate surface area is 191 Å². The van der Waals surface area contributed by atoms with Gasteiger partial charge >= 0.3 is 4.87 Å². The van der Waals surface area contributed by atoms with E-state index in [1.807, 2.05) is 50.2 Å². The molecule has 1 aliphatic rings. The SMILES string of the molecule is CC(C)n1c(=O)sc2cc(NC(=O)C3CCN(S(=O)(=O)Cc4ccccc4)CC3)ccc21. The summed E-state index contributed by atoms with van der Waals surface area (Å²) < 4.78 is 29.5. The highest BCUT2D eigenvalue weighted by Crippen LogP contribution is 2.26. The Morgan fingerprint density at radius 1 is 1.12 bits per heavy atom. The lowest BCUT2D eigenvalue weighted by Crippen LogP contribution is -2.41. The number of nitrogens with zero attached hydrogens (tertiary/aromatic N) is 2. The predicted molar refractivity (Wildman–Crippen MR) is 128 cm³/mol. The first-order valence-electron chi connectivity index (χ1n) is 10.7. The number of anilines is 1. The molecule has 1 N–H and O–H groups in total. The van der Waals surface area contributed by atoms with Crippen LogP contribution in [-0.4, -0.2) is 36.3 Å². The second-order valence-electron chi connectivity index (χ2n) is 8.42. The van der Waals surface area contributed by atoms with Gasteiger partial charge in [0, 0.05) is 30.7 Å². The third-order valence-electron chi connectivity index (χ3n) is 5.81. The van der Waals surface area contributed by atoms with Crippen LogP contribution in [0.2, 0.25) is 0 Å². The van der Waals surface area contributed by atoms with E-state index in [-0.39, 0.29) is 28.5 Å². The highest BCUT2D eigenvalue weighted by molar-refractivity contribution is 7.88. The smallest absolute Gasteiger partial charge is 0.308 e. The van der Waals surface area contributed by atoms with Crippen LogP contribution in [0, 0.1) is 5.92 Å². The number of aromatic nitrogens is 1. The van der Waals surface area contributed by atoms with Crippen LogP contribution in [0.5, 0.6) is 0 Å². The Hall–Kier alpha value is -2.49. The largest absolute Gasteiger partial charge is 0.326 e. The number of sulfonamides is 1. The maximum Gasteiger partial charge on any atom is 0.308 e. The summed E-state index contributed by atoms with van der Waals surface area (Å²) >= 11 is 1.17. The number of hydrogen-bond donors (Lipinski definition) is 1. The normalized spacial score (nSPS) is 16.0. The van der Waals surface area contributed by atoms with Gasteiger partial charge in [-0.25, -0.2) is 12.7 Å². The number of fused-ring (bicyclic) bond motifs is 1. The van der Waals surface area contributed by atoms with Gasteiger partial charge in [-0.2, -0.15) is 0 Å². The summed E-state index contributed by atoms with van der Waals surface area (Å²) in [5, 5.41) is 2.94. The van der Waals surface area contributed by atoms with Gasteiger partial charge in [0.1, 0.15) is 0 Å². The summed E-state index contributed by atoms with van der Waals surface area (Å²) in [4.78, 5) is 25.0. The van der Waals surface area contributed by atoms with Crippen LogP contribution in [0.25, 0.3) is 10.2 Å². The Kier molecular flexibility index (Phi) is 6.50. The minimum atomic E-state index is -3.41. The van der Waals surface area contributed by atoms with Crippen molar-refractivity contribution in [3.63, 3.8) is 0 Å². The van der Waals surface area contributed by atoms with E-state index in [1.54, 1.807) is 16.7 Å². The molecule has 0 radical (unpaired) electrons. The number of carbonyl (C=O) groups is 1. The Morgan fingerprint density at radius 3 is 2.47 bits per heavy atom. The molecule has 170 valence electrons. The molecule has 1 saturated heterocycles. The third kappa shape index (κ3) is 4.79. The van der Waals surface area contributed by atoms with Crippen LogP contribution >= 0.6 is 11.3 Å². The molecule has 7 nitrogen and oxygen atoms in total. The molecule has 1 amide bonds. The molecule has 0 spiro atoms. The number of carbonyl (C=O) groups excluding carboxylic acids is 1. The van der Waals surface area contributed by atoms with Crippen molar-refractivity contribution in [2.45, 2.75) is 38.5 Å². The average Bonchev–Trinajstić information content (AvgIpc) is 3.09. The van der Waals surface area contributed by atoms with Crippen molar-refractivity contribution in [1.82, 2.24) is 8.87 Å². The number of rotatable bonds is 6. The van der Waals surface area contributed by atoms with Gasteiger partial charge in [0.2, 0.25) is 15.9 Å². The highest BCUT2D eigenvalue weighted by Gasteiger charge is 2.31. The molecule has 2 heterocycles. The van der Waals surface area contributed by atoms with Crippen molar-refractivity contribution in [3.05, 3.63) is 63.8 Å². The van der Waals surface area contributed by atoms with Crippen LogP contribution in [0.1, 0.15) is 38.3 Å². The zero-order chi connectivity index (χ0) is 22.9. The second-order valence-corrected chi connectivity index (χ2v) is 11.4. The van der Waals surface area contributed by atoms with E-state index in [2.05, 4.69) is 5.32 Å². The molecular formula is C23H27N3O4S2. The van der Waals surface area contributed by atoms with Crippen LogP contribution in [0.15, 0.2) is 53.3 Å². The van der Waals surface area contributed by atoms with Crippen molar-refractivity contribution in [2.24, 2.45) is 5.92 Å². The minimum Gasteiger partial charge on any atom is -0.326 e. The van der Waals surface area contributed by atoms with Gasteiger partial charge < -0.3 is 5.32 Å². The lowest BCUT2D eigenvalue weighted by Gasteiger charge is -2.30. The van der Waals surface area contributed by atoms with Crippen molar-refractivity contribution in [3.8, 4) is 0 Å². The van der Waals surface area contributed by atoms with Crippen molar-refractivity contribution < 1.29 is 13.2 Å². The van der Waals surface area contributed by atoms with Gasteiger partial charge in [0.25, 0.3) is 0 Å². The van der Waals surface area contributed by atoms with E-state index in [0.717, 1.165) is 15.8 Å². The molecule has 0 atom stereocenters. The molecule has 1 fully saturated rings. The zero-order valence-electron chi connectivity index (χ0n) is 18.2. The van der Waals surface area contributed by atoms with E-state index >= 15 is 0 Å². The molecule has 1 aromatic heterocycles. The summed E-state index contributed by atoms with van der Waals surface area (Å²) in [6, 6.07) is 14.7. The van der Waals surface area contributed by atoms with Crippen molar-refractivity contribution >= 4 is 43.2 Å². The minimum absolute atomic E-state index is 0.0115. The molecule has 1 aliphatic heterocycles. The summed E-state index contributed by atoms with van der Waals surface area (Å²) in [5.74, 6) is -0.378. The van der Waals surface area contributed by atoms with Crippen LogP contribution in [-0.2, 0) is 20.6 Å². The lowest BCUT2D eigenvalue weighted by atomic mass is 9.97. The second kappa shape index (κ2) is 9.17. The van der Waals surface area contributed by atoms with Crippen LogP contribution in [0.3, 0.4) is 0 Å². The van der Waals surface area contributed by atoms with E-state index < -0.39 is 10.0 Å². The van der Waals surface area contributed by atoms with E-state index in [0.29, 0.717) is 31.6 Å². The van der Waals surface area contributed by atoms with Gasteiger partial charge in [0.05, 0.1) is 16.0 Å². The quantitative estimate of drug-likeness (QED) is 0.589. The Bertz CT molecular complexity index is 1270. The van der Waals surface area contributed by atoms with Crippen molar-refractivity contribution in [2.75, 3.05) is 18.4 Å². The summed E-state index contributed by atoms with van der Waals surface area (Å²) in [5.41, 5.74) is 2.28. The fourth-order valence-corrected chi connectivity index (χ4v) is 6.74. The highest BCUT2D eigenvalue weighted by atomic mass is 32.2. The first-order chi connectivity index (χ1) is 15.2. The number of benzene rings is 2. The molecule has 2 aromatic carbocycles. The lowest BCUT2D eigenvalue weighted by molar-refractivity contribution is -0.120. The van der Waals surface area contributed by atoms with Gasteiger partial charge in [-0.05, 0) is 50.5 Å². The standard InChI is InChI=1S/C23H27N3O4S2/c1-16(2)26-20-9-8-19(14-21(20)31-23(26)28)24-22(27)18-10-12-25(13-11-18)32(29,30)15-17-6-4-3-5-7-17/h3-9,14,16,18H,10-13,15H2,1-2H3,(H,24,27). The maximum absolute atomic E-state index is 12.8. The van der Waals surface area contributed by atoms with E-state index in [1.165, 1.54) is 15.6 Å². The van der Waals surface area contributed by atoms with Crippen molar-refractivity contribution in [1.29, 1.82) is 0 Å². The number of thiazole rings is 1. The van der Waals surface area contributed by atoms with E-state index in [4.69, 9.17) is 0 Å². The van der Waals surface area contributed by atoms with E-state index in [9.17, 15) is 18.0 Å². The molecule has 0 unspecified atom stereocenters. The Morgan fingerprint density at radius 2 is 1.81 bits per heavy atom. The monoisotopic (exact) mass is 473 g/mol. The molecule has 0 bridgehead atoms. The van der Waals surface area contributed by atoms with Gasteiger partial charge in [-0.1, -0.05) is 41.7 Å². The number of piperidine rings is 1. The number of hydrogen-bond acceptors (Lipinski definition) is 5. The first-order valence-corrected chi connectivity index (χ1v) is 13.1. The number of nitrogens with one attached hydrogen (secondary N) is 1. The molecule has 0 aliphatic carbocycles. The first kappa shape index (κ1) is 22.7. The maximum atomic E-state index is 12.8. The summed E-state index contributed by atoms with van der Waals surface area (Å²) in [6.45, 7) is 4.61. The fourth-order valence-electron chi connectivity index (χ4n) is 4.12. The predicted octanol–water partition coefficient (Wildman–Crippen LogP) is 3.82. The molecule has 32 heavy (non-hydrogen) atoms. The van der Waals surface area contributed by atoms with Crippen LogP contribution < -0.4 is 10.2 Å². The van der Waals surface area contributed by atoms with Crippen LogP contribution in [0.4, 0.5) is 5.69 Å². The molecule has 9 heteroatoms. The van der Waals surface area contributed by atoms with Gasteiger partial charge in [0.15, 0.2) is 0 Å². The fraction of sp³-hybridized carbons (Fsp3) is 0.391. The van der Waals surface area contributed by atoms with Gasteiger partial charge in [-0.3, -0.25) is 14.2 Å². The molecular weight excluding hydrogens is 446 g/mol. The summed E-state index contributed by atoms with van der Waals surface area (Å²) in [7, 11) is -3.41. The topological polar surface area (TPSA) is 88.5 Å². The average molecular weight is 474 g/mol. The summed E-state index contributed by atoms with van der Waals surface area (Å²) in [6.07, 6.45) is 0.971. The Balaban J connectivity index is 1.38. The molecule has 3 aromatic rings. The molecule has 0 saturated carbocycles. The number of amides is 1.